The van der Waals surface area contributed by atoms with E-state index in [4.69, 9.17) is 10.8 Å². The molecule has 1 aliphatic heterocycles. The predicted octanol–water partition coefficient (Wildman–Crippen LogP) is 1.37. The highest BCUT2D eigenvalue weighted by Crippen LogP contribution is 2.46. The van der Waals surface area contributed by atoms with E-state index >= 15 is 0 Å². The standard InChI is InChI=1S/C13H19F3N2O3/c14-13(15,16)12(11(20)21)4-5-18(7-12)10(19)8-2-1-3-9(17)6-8/h8-9H,1-7,17H2,(H,20,21). The maximum atomic E-state index is 13.1. The maximum Gasteiger partial charge on any atom is 0.406 e. The number of nitrogens with two attached hydrogens (primary N) is 1. The van der Waals surface area contributed by atoms with E-state index in [9.17, 15) is 22.8 Å². The van der Waals surface area contributed by atoms with E-state index in [1.165, 1.54) is 0 Å². The molecule has 0 bridgehead atoms. The van der Waals surface area contributed by atoms with Crippen LogP contribution in [-0.2, 0) is 9.59 Å². The van der Waals surface area contributed by atoms with Crippen molar-refractivity contribution in [2.45, 2.75) is 44.3 Å². The second-order valence-corrected chi connectivity index (χ2v) is 6.02. The summed E-state index contributed by atoms with van der Waals surface area (Å²) in [6, 6.07) is -0.109. The molecule has 1 aliphatic carbocycles. The van der Waals surface area contributed by atoms with Crippen LogP contribution in [0.5, 0.6) is 0 Å². The summed E-state index contributed by atoms with van der Waals surface area (Å²) in [7, 11) is 0. The van der Waals surface area contributed by atoms with Crippen molar-refractivity contribution < 1.29 is 27.9 Å². The minimum absolute atomic E-state index is 0.109. The molecule has 2 fully saturated rings. The molecule has 1 heterocycles. The Bertz CT molecular complexity index is 441. The third kappa shape index (κ3) is 2.86. The summed E-state index contributed by atoms with van der Waals surface area (Å²) in [6.07, 6.45) is -2.80. The number of rotatable bonds is 2. The fourth-order valence-electron chi connectivity index (χ4n) is 3.24. The van der Waals surface area contributed by atoms with Crippen molar-refractivity contribution in [2.24, 2.45) is 17.1 Å². The van der Waals surface area contributed by atoms with Crippen LogP contribution in [0.4, 0.5) is 13.2 Å². The largest absolute Gasteiger partial charge is 0.481 e. The van der Waals surface area contributed by atoms with E-state index in [1.54, 1.807) is 0 Å². The van der Waals surface area contributed by atoms with Crippen LogP contribution in [0.1, 0.15) is 32.1 Å². The molecule has 5 nitrogen and oxygen atoms in total. The number of amides is 1. The lowest BCUT2D eigenvalue weighted by atomic mass is 9.84. The summed E-state index contributed by atoms with van der Waals surface area (Å²) in [5.41, 5.74) is 2.95. The summed E-state index contributed by atoms with van der Waals surface area (Å²) in [6.45, 7) is -0.965. The van der Waals surface area contributed by atoms with E-state index in [1.807, 2.05) is 0 Å². The number of carboxylic acids is 1. The van der Waals surface area contributed by atoms with Crippen molar-refractivity contribution in [3.63, 3.8) is 0 Å². The first-order valence-electron chi connectivity index (χ1n) is 7.02. The Labute approximate surface area is 120 Å². The Hall–Kier alpha value is -1.31. The highest BCUT2D eigenvalue weighted by molar-refractivity contribution is 5.82. The highest BCUT2D eigenvalue weighted by Gasteiger charge is 2.64. The Morgan fingerprint density at radius 1 is 1.29 bits per heavy atom. The summed E-state index contributed by atoms with van der Waals surface area (Å²) in [5.74, 6) is -2.69. The highest BCUT2D eigenvalue weighted by atomic mass is 19.4. The number of carbonyl (C=O) groups is 2. The van der Waals surface area contributed by atoms with Crippen LogP contribution in [0.15, 0.2) is 0 Å². The molecule has 0 aromatic heterocycles. The lowest BCUT2D eigenvalue weighted by molar-refractivity contribution is -0.227. The van der Waals surface area contributed by atoms with Crippen molar-refractivity contribution >= 4 is 11.9 Å². The molecule has 0 aromatic rings. The van der Waals surface area contributed by atoms with E-state index in [-0.39, 0.29) is 18.5 Å². The number of carboxylic acid groups (broad SMARTS) is 1. The van der Waals surface area contributed by atoms with Gasteiger partial charge in [-0.15, -0.1) is 0 Å². The normalized spacial score (nSPS) is 34.0. The molecular weight excluding hydrogens is 289 g/mol. The first kappa shape index (κ1) is 16.1. The second kappa shape index (κ2) is 5.47. The average Bonchev–Trinajstić information content (AvgIpc) is 2.83. The molecule has 21 heavy (non-hydrogen) atoms. The quantitative estimate of drug-likeness (QED) is 0.807. The van der Waals surface area contributed by atoms with Gasteiger partial charge >= 0.3 is 12.1 Å². The van der Waals surface area contributed by atoms with Gasteiger partial charge in [0.15, 0.2) is 5.41 Å². The number of carbonyl (C=O) groups excluding carboxylic acids is 1. The molecule has 3 N–H and O–H groups in total. The third-order valence-corrected chi connectivity index (χ3v) is 4.60. The van der Waals surface area contributed by atoms with Gasteiger partial charge in [0.05, 0.1) is 0 Å². The monoisotopic (exact) mass is 308 g/mol. The molecule has 2 aliphatic rings. The van der Waals surface area contributed by atoms with Crippen molar-refractivity contribution in [1.82, 2.24) is 4.90 Å². The number of alkyl halides is 3. The van der Waals surface area contributed by atoms with E-state index in [0.717, 1.165) is 17.7 Å². The van der Waals surface area contributed by atoms with Gasteiger partial charge in [-0.3, -0.25) is 9.59 Å². The van der Waals surface area contributed by atoms with Gasteiger partial charge in [0, 0.05) is 25.0 Å². The Balaban J connectivity index is 2.10. The molecule has 3 unspecified atom stereocenters. The molecule has 120 valence electrons. The van der Waals surface area contributed by atoms with E-state index in [0.29, 0.717) is 12.8 Å². The third-order valence-electron chi connectivity index (χ3n) is 4.60. The van der Waals surface area contributed by atoms with Crippen LogP contribution in [0.25, 0.3) is 0 Å². The molecule has 0 aromatic carbocycles. The summed E-state index contributed by atoms with van der Waals surface area (Å²) < 4.78 is 39.2. The minimum Gasteiger partial charge on any atom is -0.481 e. The Morgan fingerprint density at radius 3 is 2.43 bits per heavy atom. The molecule has 0 spiro atoms. The Morgan fingerprint density at radius 2 is 1.95 bits per heavy atom. The smallest absolute Gasteiger partial charge is 0.406 e. The SMILES string of the molecule is NC1CCCC(C(=O)N2CCC(C(=O)O)(C(F)(F)F)C2)C1. The molecule has 3 atom stereocenters. The van der Waals surface area contributed by atoms with Crippen LogP contribution >= 0.6 is 0 Å². The molecule has 2 rings (SSSR count). The van der Waals surface area contributed by atoms with Gasteiger partial charge < -0.3 is 15.7 Å². The molecule has 1 saturated heterocycles. The summed E-state index contributed by atoms with van der Waals surface area (Å²) in [4.78, 5) is 24.4. The Kier molecular flexibility index (Phi) is 4.19. The number of hydrogen-bond donors (Lipinski definition) is 2. The van der Waals surface area contributed by atoms with Gasteiger partial charge in [0.1, 0.15) is 0 Å². The van der Waals surface area contributed by atoms with Crippen LogP contribution in [0.2, 0.25) is 0 Å². The van der Waals surface area contributed by atoms with E-state index < -0.39 is 36.4 Å². The summed E-state index contributed by atoms with van der Waals surface area (Å²) >= 11 is 0. The maximum absolute atomic E-state index is 13.1. The molecule has 0 radical (unpaired) electrons. The number of halogens is 3. The van der Waals surface area contributed by atoms with Crippen LogP contribution < -0.4 is 5.73 Å². The zero-order valence-corrected chi connectivity index (χ0v) is 11.5. The van der Waals surface area contributed by atoms with Gasteiger partial charge in [0.25, 0.3) is 0 Å². The van der Waals surface area contributed by atoms with Gasteiger partial charge in [0.2, 0.25) is 5.91 Å². The molecule has 8 heteroatoms. The summed E-state index contributed by atoms with van der Waals surface area (Å²) in [5, 5.41) is 8.97. The van der Waals surface area contributed by atoms with E-state index in [2.05, 4.69) is 0 Å². The number of likely N-dealkylation sites (tertiary alicyclic amines) is 1. The van der Waals surface area contributed by atoms with Crippen LogP contribution in [-0.4, -0.2) is 47.2 Å². The fourth-order valence-corrected chi connectivity index (χ4v) is 3.24. The van der Waals surface area contributed by atoms with Crippen molar-refractivity contribution in [3.8, 4) is 0 Å². The molecule has 1 saturated carbocycles. The topological polar surface area (TPSA) is 83.6 Å². The van der Waals surface area contributed by atoms with Crippen molar-refractivity contribution in [1.29, 1.82) is 0 Å². The fraction of sp³-hybridized carbons (Fsp3) is 0.846. The average molecular weight is 308 g/mol. The van der Waals surface area contributed by atoms with Gasteiger partial charge in [-0.25, -0.2) is 0 Å². The number of aliphatic carboxylic acids is 1. The second-order valence-electron chi connectivity index (χ2n) is 6.02. The predicted molar refractivity (Wildman–Crippen MR) is 67.3 cm³/mol. The van der Waals surface area contributed by atoms with Crippen molar-refractivity contribution in [2.75, 3.05) is 13.1 Å². The minimum atomic E-state index is -4.86. The van der Waals surface area contributed by atoms with Gasteiger partial charge in [-0.1, -0.05) is 6.42 Å². The number of nitrogens with zero attached hydrogens (tertiary/aromatic N) is 1. The van der Waals surface area contributed by atoms with Gasteiger partial charge in [-0.2, -0.15) is 13.2 Å². The molecule has 1 amide bonds. The zero-order valence-electron chi connectivity index (χ0n) is 11.5. The zero-order chi connectivity index (χ0) is 15.8. The van der Waals surface area contributed by atoms with Crippen LogP contribution in [0.3, 0.4) is 0 Å². The number of hydrogen-bond acceptors (Lipinski definition) is 3. The lowest BCUT2D eigenvalue weighted by Crippen LogP contribution is -2.48. The van der Waals surface area contributed by atoms with Crippen molar-refractivity contribution in [3.05, 3.63) is 0 Å². The first-order chi connectivity index (χ1) is 9.67. The van der Waals surface area contributed by atoms with Gasteiger partial charge in [-0.05, 0) is 25.7 Å². The molecular formula is C13H19F3N2O3. The first-order valence-corrected chi connectivity index (χ1v) is 7.02. The van der Waals surface area contributed by atoms with Crippen LogP contribution in [0, 0.1) is 11.3 Å². The lowest BCUT2D eigenvalue weighted by Gasteiger charge is -2.31.